The van der Waals surface area contributed by atoms with E-state index in [-0.39, 0.29) is 41.7 Å². The van der Waals surface area contributed by atoms with Crippen LogP contribution in [0.2, 0.25) is 0 Å². The summed E-state index contributed by atoms with van der Waals surface area (Å²) in [5.74, 6) is 1.33. The maximum atomic E-state index is 13.4. The molecule has 0 radical (unpaired) electrons. The van der Waals surface area contributed by atoms with Crippen LogP contribution in [-0.2, 0) is 22.7 Å². The third-order valence-electron chi connectivity index (χ3n) is 12.3. The van der Waals surface area contributed by atoms with Gasteiger partial charge in [-0.25, -0.2) is 4.98 Å². The Morgan fingerprint density at radius 3 is 2.65 bits per heavy atom. The van der Waals surface area contributed by atoms with Crippen LogP contribution in [0, 0.1) is 6.92 Å². The van der Waals surface area contributed by atoms with Crippen molar-refractivity contribution in [1.82, 2.24) is 30.3 Å². The second kappa shape index (κ2) is 15.6. The van der Waals surface area contributed by atoms with Crippen molar-refractivity contribution in [3.8, 4) is 22.9 Å². The SMILES string of the molecule is CCC12CC(Oc3ncc(CN4CCN(c5ccc6c(c5)C(=O)N(C(C)CCC(=O)NC=O)C6)CC4)cc3C)CN1c1cc(-c3ccccc3O)nnc1N(C)C2. The molecule has 0 saturated carbocycles. The number of nitrogens with one attached hydrogen (secondary N) is 1. The molecule has 4 aliphatic heterocycles. The molecule has 14 heteroatoms. The van der Waals surface area contributed by atoms with Crippen LogP contribution in [0.4, 0.5) is 17.2 Å². The molecule has 2 N–H and O–H groups in total. The zero-order valence-corrected chi connectivity index (χ0v) is 33.1. The van der Waals surface area contributed by atoms with Crippen molar-refractivity contribution in [3.05, 3.63) is 83.0 Å². The number of carbonyl (C=O) groups excluding carboxylic acids is 3. The smallest absolute Gasteiger partial charge is 0.254 e. The molecular weight excluding hydrogens is 723 g/mol. The fourth-order valence-electron chi connectivity index (χ4n) is 9.12. The molecule has 8 rings (SSSR count). The van der Waals surface area contributed by atoms with E-state index in [0.29, 0.717) is 43.1 Å². The molecule has 0 spiro atoms. The number of fused-ring (bicyclic) bond motifs is 4. The Morgan fingerprint density at radius 2 is 1.89 bits per heavy atom. The van der Waals surface area contributed by atoms with Crippen LogP contribution >= 0.6 is 0 Å². The molecule has 4 aliphatic rings. The van der Waals surface area contributed by atoms with Crippen LogP contribution in [0.15, 0.2) is 60.8 Å². The van der Waals surface area contributed by atoms with E-state index in [2.05, 4.69) is 74.2 Å². The first kappa shape index (κ1) is 38.1. The Morgan fingerprint density at radius 1 is 1.09 bits per heavy atom. The van der Waals surface area contributed by atoms with Crippen LogP contribution in [0.25, 0.3) is 11.3 Å². The number of aromatic nitrogens is 3. The van der Waals surface area contributed by atoms with Crippen molar-refractivity contribution in [1.29, 1.82) is 0 Å². The molecule has 4 aromatic rings. The van der Waals surface area contributed by atoms with Gasteiger partial charge in [0.1, 0.15) is 11.9 Å². The maximum absolute atomic E-state index is 13.4. The molecule has 0 bridgehead atoms. The van der Waals surface area contributed by atoms with Crippen molar-refractivity contribution in [2.75, 3.05) is 61.0 Å². The van der Waals surface area contributed by atoms with E-state index < -0.39 is 0 Å². The molecule has 3 atom stereocenters. The number of nitrogens with zero attached hydrogens (tertiary/aromatic N) is 8. The fourth-order valence-corrected chi connectivity index (χ4v) is 9.12. The van der Waals surface area contributed by atoms with Gasteiger partial charge in [-0.1, -0.05) is 25.1 Å². The predicted octanol–water partition coefficient (Wildman–Crippen LogP) is 4.53. The second-order valence-electron chi connectivity index (χ2n) is 16.0. The molecule has 14 nitrogen and oxygen atoms in total. The Bertz CT molecular complexity index is 2170. The molecule has 2 aromatic carbocycles. The van der Waals surface area contributed by atoms with E-state index >= 15 is 0 Å². The summed E-state index contributed by atoms with van der Waals surface area (Å²) >= 11 is 0. The standard InChI is InChI=1S/C43H51N9O5/c1-5-43-21-33(25-52(43)37-20-36(34-8-6-7-9-38(34)54)46-47-40(37)48(4)26-43)57-41-28(2)18-30(22-44-41)23-49-14-16-50(17-15-49)32-12-11-31-24-51(42(56)35(31)19-32)29(3)10-13-39(55)45-27-53/h6-9,11-12,18-20,22,27,29,33,54H,5,10,13-17,21,23-26H2,1-4H3,(H,45,53,55). The summed E-state index contributed by atoms with van der Waals surface area (Å²) in [5.41, 5.74) is 7.12. The molecule has 0 aliphatic carbocycles. The summed E-state index contributed by atoms with van der Waals surface area (Å²) < 4.78 is 6.68. The van der Waals surface area contributed by atoms with Crippen LogP contribution in [-0.4, -0.2) is 112 Å². The lowest BCUT2D eigenvalue weighted by Crippen LogP contribution is -2.55. The first-order valence-electron chi connectivity index (χ1n) is 20.0. The molecule has 6 heterocycles. The number of para-hydroxylation sites is 1. The average molecular weight is 774 g/mol. The summed E-state index contributed by atoms with van der Waals surface area (Å²) in [7, 11) is 2.07. The highest BCUT2D eigenvalue weighted by atomic mass is 16.5. The number of phenols is 1. The third-order valence-corrected chi connectivity index (χ3v) is 12.3. The van der Waals surface area contributed by atoms with Gasteiger partial charge >= 0.3 is 0 Å². The highest BCUT2D eigenvalue weighted by molar-refractivity contribution is 5.99. The second-order valence-corrected chi connectivity index (χ2v) is 16.0. The Kier molecular flexibility index (Phi) is 10.5. The number of amides is 3. The van der Waals surface area contributed by atoms with E-state index in [4.69, 9.17) is 9.72 Å². The van der Waals surface area contributed by atoms with Gasteiger partial charge in [-0.15, -0.1) is 10.2 Å². The lowest BCUT2D eigenvalue weighted by atomic mass is 9.89. The first-order chi connectivity index (χ1) is 27.6. The van der Waals surface area contributed by atoms with E-state index in [1.54, 1.807) is 12.1 Å². The monoisotopic (exact) mass is 773 g/mol. The number of aryl methyl sites for hydroxylation is 1. The van der Waals surface area contributed by atoms with E-state index in [1.165, 1.54) is 0 Å². The van der Waals surface area contributed by atoms with E-state index in [9.17, 15) is 19.5 Å². The number of piperazine rings is 1. The van der Waals surface area contributed by atoms with Crippen LogP contribution in [0.5, 0.6) is 11.6 Å². The van der Waals surface area contributed by atoms with Gasteiger partial charge in [-0.2, -0.15) is 0 Å². The van der Waals surface area contributed by atoms with Gasteiger partial charge in [0.25, 0.3) is 5.91 Å². The summed E-state index contributed by atoms with van der Waals surface area (Å²) in [4.78, 5) is 51.7. The molecule has 298 valence electrons. The first-order valence-corrected chi connectivity index (χ1v) is 20.0. The zero-order chi connectivity index (χ0) is 39.8. The lowest BCUT2D eigenvalue weighted by molar-refractivity contribution is -0.125. The van der Waals surface area contributed by atoms with Crippen LogP contribution in [0.1, 0.15) is 66.6 Å². The molecule has 3 unspecified atom stereocenters. The molecule has 2 fully saturated rings. The number of hydrogen-bond donors (Lipinski definition) is 2. The minimum atomic E-state index is -0.334. The Balaban J connectivity index is 0.871. The lowest BCUT2D eigenvalue weighted by Gasteiger charge is -2.47. The minimum Gasteiger partial charge on any atom is -0.507 e. The van der Waals surface area contributed by atoms with Gasteiger partial charge in [0, 0.05) is 100 Å². The number of ether oxygens (including phenoxy) is 1. The number of benzene rings is 2. The Labute approximate surface area is 333 Å². The quantitative estimate of drug-likeness (QED) is 0.195. The van der Waals surface area contributed by atoms with E-state index in [0.717, 1.165) is 91.6 Å². The number of likely N-dealkylation sites (N-methyl/N-ethyl adjacent to an activating group) is 1. The number of aromatic hydroxyl groups is 1. The normalized spacial score (nSPS) is 20.9. The minimum absolute atomic E-state index is 0.00940. The zero-order valence-electron chi connectivity index (χ0n) is 33.1. The van der Waals surface area contributed by atoms with Crippen LogP contribution < -0.4 is 24.8 Å². The molecular formula is C43H51N9O5. The van der Waals surface area contributed by atoms with Gasteiger partial charge in [0.15, 0.2) is 5.82 Å². The maximum Gasteiger partial charge on any atom is 0.254 e. The van der Waals surface area contributed by atoms with Gasteiger partial charge in [-0.3, -0.25) is 24.6 Å². The number of anilines is 3. The number of carbonyl (C=O) groups is 3. The molecule has 57 heavy (non-hydrogen) atoms. The number of rotatable bonds is 12. The van der Waals surface area contributed by atoms with Gasteiger partial charge < -0.3 is 29.4 Å². The largest absolute Gasteiger partial charge is 0.507 e. The summed E-state index contributed by atoms with van der Waals surface area (Å²) in [6, 6.07) is 17.5. The summed E-state index contributed by atoms with van der Waals surface area (Å²) in [5, 5.41) is 21.8. The van der Waals surface area contributed by atoms with Crippen LogP contribution in [0.3, 0.4) is 0 Å². The van der Waals surface area contributed by atoms with Crippen molar-refractivity contribution in [2.24, 2.45) is 0 Å². The van der Waals surface area contributed by atoms with Gasteiger partial charge in [0.2, 0.25) is 18.2 Å². The molecule has 3 amide bonds. The summed E-state index contributed by atoms with van der Waals surface area (Å²) in [6.45, 7) is 12.6. The van der Waals surface area contributed by atoms with Crippen molar-refractivity contribution in [2.45, 2.75) is 77.2 Å². The number of hydrogen-bond acceptors (Lipinski definition) is 12. The van der Waals surface area contributed by atoms with Gasteiger partial charge in [0.05, 0.1) is 23.5 Å². The fraction of sp³-hybridized carbons (Fsp3) is 0.442. The Hall–Kier alpha value is -5.76. The number of pyridine rings is 1. The van der Waals surface area contributed by atoms with Crippen molar-refractivity contribution < 1.29 is 24.2 Å². The average Bonchev–Trinajstić information content (AvgIpc) is 3.75. The number of imide groups is 1. The highest BCUT2D eigenvalue weighted by Crippen LogP contribution is 2.47. The number of phenolic OH excluding ortho intramolecular Hbond substituents is 1. The topological polar surface area (TPSA) is 148 Å². The highest BCUT2D eigenvalue weighted by Gasteiger charge is 2.50. The van der Waals surface area contributed by atoms with Gasteiger partial charge in [-0.05, 0) is 74.2 Å². The third kappa shape index (κ3) is 7.45. The molecule has 2 aromatic heterocycles. The molecule has 2 saturated heterocycles. The van der Waals surface area contributed by atoms with E-state index in [1.807, 2.05) is 42.3 Å². The van der Waals surface area contributed by atoms with Crippen molar-refractivity contribution in [3.63, 3.8) is 0 Å². The summed E-state index contributed by atoms with van der Waals surface area (Å²) in [6.07, 6.45) is 4.76. The van der Waals surface area contributed by atoms with Crippen molar-refractivity contribution >= 4 is 35.4 Å². The predicted molar refractivity (Wildman–Crippen MR) is 217 cm³/mol.